The molecule has 0 spiro atoms. The number of ether oxygens (including phenoxy) is 2. The zero-order chi connectivity index (χ0) is 14.7. The van der Waals surface area contributed by atoms with Crippen molar-refractivity contribution in [3.63, 3.8) is 0 Å². The lowest BCUT2D eigenvalue weighted by Crippen LogP contribution is -1.90. The van der Waals surface area contributed by atoms with Gasteiger partial charge in [0.2, 0.25) is 0 Å². The van der Waals surface area contributed by atoms with E-state index in [1.165, 1.54) is 5.56 Å². The summed E-state index contributed by atoms with van der Waals surface area (Å²) >= 11 is 0. The Morgan fingerprint density at radius 3 is 2.19 bits per heavy atom. The van der Waals surface area contributed by atoms with Crippen molar-refractivity contribution in [1.82, 2.24) is 4.98 Å². The van der Waals surface area contributed by atoms with Gasteiger partial charge in [0, 0.05) is 11.9 Å². The Kier molecular flexibility index (Phi) is 3.65. The van der Waals surface area contributed by atoms with Crippen molar-refractivity contribution < 1.29 is 9.47 Å². The summed E-state index contributed by atoms with van der Waals surface area (Å²) in [7, 11) is 3.29. The molecule has 0 unspecified atom stereocenters. The molecule has 21 heavy (non-hydrogen) atoms. The number of hydrogen-bond acceptors (Lipinski definition) is 2. The topological polar surface area (TPSA) is 34.2 Å². The summed E-state index contributed by atoms with van der Waals surface area (Å²) in [6.45, 7) is 0. The third kappa shape index (κ3) is 2.63. The third-order valence-electron chi connectivity index (χ3n) is 3.48. The van der Waals surface area contributed by atoms with Crippen LogP contribution in [0.15, 0.2) is 60.8 Å². The molecule has 0 saturated heterocycles. The van der Waals surface area contributed by atoms with Gasteiger partial charge in [0.25, 0.3) is 0 Å². The van der Waals surface area contributed by atoms with Crippen molar-refractivity contribution in [3.8, 4) is 33.9 Å². The molecule has 0 aliphatic heterocycles. The van der Waals surface area contributed by atoms with Crippen molar-refractivity contribution >= 4 is 0 Å². The lowest BCUT2D eigenvalue weighted by molar-refractivity contribution is 0.355. The highest BCUT2D eigenvalue weighted by molar-refractivity contribution is 5.73. The smallest absolute Gasteiger partial charge is 0.161 e. The summed E-state index contributed by atoms with van der Waals surface area (Å²) < 4.78 is 10.6. The number of benzene rings is 2. The number of hydrogen-bond donors (Lipinski definition) is 1. The van der Waals surface area contributed by atoms with Gasteiger partial charge in [-0.05, 0) is 34.9 Å². The van der Waals surface area contributed by atoms with E-state index in [-0.39, 0.29) is 0 Å². The summed E-state index contributed by atoms with van der Waals surface area (Å²) in [6.07, 6.45) is 2.00. The lowest BCUT2D eigenvalue weighted by Gasteiger charge is -2.08. The van der Waals surface area contributed by atoms with Gasteiger partial charge in [0.05, 0.1) is 14.2 Å². The second-order valence-electron chi connectivity index (χ2n) is 4.74. The number of aromatic amines is 1. The minimum Gasteiger partial charge on any atom is -0.493 e. The van der Waals surface area contributed by atoms with Gasteiger partial charge in [-0.3, -0.25) is 0 Å². The summed E-state index contributed by atoms with van der Waals surface area (Å²) in [6, 6.07) is 18.3. The van der Waals surface area contributed by atoms with Crippen LogP contribution in [0.2, 0.25) is 0 Å². The molecule has 3 rings (SSSR count). The average Bonchev–Trinajstić information content (AvgIpc) is 3.05. The van der Waals surface area contributed by atoms with Gasteiger partial charge >= 0.3 is 0 Å². The molecular weight excluding hydrogens is 262 g/mol. The van der Waals surface area contributed by atoms with E-state index in [1.54, 1.807) is 14.2 Å². The van der Waals surface area contributed by atoms with E-state index >= 15 is 0 Å². The molecule has 0 saturated carbocycles. The molecule has 0 fully saturated rings. The molecule has 0 atom stereocenters. The van der Waals surface area contributed by atoms with E-state index < -0.39 is 0 Å². The number of methoxy groups -OCH3 is 2. The van der Waals surface area contributed by atoms with Crippen molar-refractivity contribution in [3.05, 3.63) is 60.8 Å². The van der Waals surface area contributed by atoms with E-state index in [4.69, 9.17) is 9.47 Å². The molecule has 3 heteroatoms. The molecule has 0 amide bonds. The van der Waals surface area contributed by atoms with E-state index in [0.29, 0.717) is 0 Å². The van der Waals surface area contributed by atoms with Gasteiger partial charge in [0.15, 0.2) is 11.5 Å². The quantitative estimate of drug-likeness (QED) is 0.769. The maximum Gasteiger partial charge on any atom is 0.161 e. The van der Waals surface area contributed by atoms with Crippen molar-refractivity contribution in [2.45, 2.75) is 0 Å². The molecule has 1 aromatic heterocycles. The first-order chi connectivity index (χ1) is 10.3. The van der Waals surface area contributed by atoms with Crippen molar-refractivity contribution in [2.24, 2.45) is 0 Å². The maximum atomic E-state index is 5.35. The molecule has 3 nitrogen and oxygen atoms in total. The molecule has 0 radical (unpaired) electrons. The monoisotopic (exact) mass is 279 g/mol. The minimum absolute atomic E-state index is 0.734. The van der Waals surface area contributed by atoms with E-state index in [1.807, 2.05) is 42.6 Å². The first kappa shape index (κ1) is 13.3. The SMILES string of the molecule is COc1ccc(-c2c[nH]c(-c3ccccc3)c2)cc1OC. The fourth-order valence-electron chi connectivity index (χ4n) is 2.36. The molecule has 0 aliphatic carbocycles. The minimum atomic E-state index is 0.734. The average molecular weight is 279 g/mol. The second-order valence-corrected chi connectivity index (χ2v) is 4.74. The fourth-order valence-corrected chi connectivity index (χ4v) is 2.36. The summed E-state index contributed by atoms with van der Waals surface area (Å²) in [5, 5.41) is 0. The maximum absolute atomic E-state index is 5.35. The van der Waals surface area contributed by atoms with Gasteiger partial charge in [-0.2, -0.15) is 0 Å². The first-order valence-corrected chi connectivity index (χ1v) is 6.78. The van der Waals surface area contributed by atoms with E-state index in [2.05, 4.69) is 23.2 Å². The first-order valence-electron chi connectivity index (χ1n) is 6.78. The molecule has 0 aliphatic rings. The van der Waals surface area contributed by atoms with Crippen LogP contribution in [0.3, 0.4) is 0 Å². The van der Waals surface area contributed by atoms with Crippen LogP contribution in [-0.4, -0.2) is 19.2 Å². The van der Waals surface area contributed by atoms with Gasteiger partial charge < -0.3 is 14.5 Å². The van der Waals surface area contributed by atoms with E-state index in [9.17, 15) is 0 Å². The Morgan fingerprint density at radius 1 is 0.714 bits per heavy atom. The predicted molar refractivity (Wildman–Crippen MR) is 84.8 cm³/mol. The van der Waals surface area contributed by atoms with E-state index in [0.717, 1.165) is 28.3 Å². The summed E-state index contributed by atoms with van der Waals surface area (Å²) in [4.78, 5) is 3.31. The zero-order valence-electron chi connectivity index (χ0n) is 12.1. The number of rotatable bonds is 4. The molecule has 2 aromatic carbocycles. The van der Waals surface area contributed by atoms with Crippen LogP contribution in [0, 0.1) is 0 Å². The van der Waals surface area contributed by atoms with Crippen LogP contribution in [0.25, 0.3) is 22.4 Å². The molecule has 1 N–H and O–H groups in total. The molecule has 106 valence electrons. The molecule has 0 bridgehead atoms. The lowest BCUT2D eigenvalue weighted by atomic mass is 10.1. The van der Waals surface area contributed by atoms with Gasteiger partial charge in [-0.25, -0.2) is 0 Å². The summed E-state index contributed by atoms with van der Waals surface area (Å²) in [5.41, 5.74) is 4.48. The Morgan fingerprint density at radius 2 is 1.48 bits per heavy atom. The van der Waals surface area contributed by atoms with Crippen molar-refractivity contribution in [2.75, 3.05) is 14.2 Å². The standard InChI is InChI=1S/C18H17NO2/c1-20-17-9-8-14(11-18(17)21-2)15-10-16(19-12-15)13-6-4-3-5-7-13/h3-12,19H,1-2H3. The van der Waals surface area contributed by atoms with Gasteiger partial charge in [0.1, 0.15) is 0 Å². The summed E-state index contributed by atoms with van der Waals surface area (Å²) in [5.74, 6) is 1.47. The van der Waals surface area contributed by atoms with Gasteiger partial charge in [-0.15, -0.1) is 0 Å². The van der Waals surface area contributed by atoms with Crippen molar-refractivity contribution in [1.29, 1.82) is 0 Å². The highest BCUT2D eigenvalue weighted by Gasteiger charge is 2.08. The Balaban J connectivity index is 1.97. The highest BCUT2D eigenvalue weighted by Crippen LogP contribution is 2.33. The third-order valence-corrected chi connectivity index (χ3v) is 3.48. The van der Waals surface area contributed by atoms with Gasteiger partial charge in [-0.1, -0.05) is 36.4 Å². The molecular formula is C18H17NO2. The highest BCUT2D eigenvalue weighted by atomic mass is 16.5. The molecule has 1 heterocycles. The Hall–Kier alpha value is -2.68. The fraction of sp³-hybridized carbons (Fsp3) is 0.111. The van der Waals surface area contributed by atoms with Crippen LogP contribution in [0.5, 0.6) is 11.5 Å². The largest absolute Gasteiger partial charge is 0.493 e. The number of aromatic nitrogens is 1. The Labute approximate surface area is 124 Å². The number of nitrogens with one attached hydrogen (secondary N) is 1. The van der Waals surface area contributed by atoms with Crippen LogP contribution in [0.1, 0.15) is 0 Å². The normalized spacial score (nSPS) is 10.4. The van der Waals surface area contributed by atoms with Crippen LogP contribution < -0.4 is 9.47 Å². The molecule has 3 aromatic rings. The number of H-pyrrole nitrogens is 1. The van der Waals surface area contributed by atoms with Crippen LogP contribution in [-0.2, 0) is 0 Å². The second kappa shape index (κ2) is 5.75. The Bertz CT molecular complexity index is 732. The zero-order valence-corrected chi connectivity index (χ0v) is 12.1. The van der Waals surface area contributed by atoms with Crippen LogP contribution >= 0.6 is 0 Å². The van der Waals surface area contributed by atoms with Crippen LogP contribution in [0.4, 0.5) is 0 Å². The predicted octanol–water partition coefficient (Wildman–Crippen LogP) is 4.37.